The first-order chi connectivity index (χ1) is 10.3. The molecule has 1 N–H and O–H groups in total. The number of rotatable bonds is 5. The summed E-state index contributed by atoms with van der Waals surface area (Å²) < 4.78 is 10.7. The number of ether oxygens (including phenoxy) is 2. The molecule has 0 amide bonds. The van der Waals surface area contributed by atoms with Crippen molar-refractivity contribution in [1.82, 2.24) is 5.32 Å². The highest BCUT2D eigenvalue weighted by Gasteiger charge is 2.24. The molecule has 2 aliphatic rings. The van der Waals surface area contributed by atoms with Gasteiger partial charge in [0.2, 0.25) is 6.79 Å². The maximum atomic E-state index is 12.7. The third-order valence-corrected chi connectivity index (χ3v) is 4.42. The van der Waals surface area contributed by atoms with Crippen LogP contribution in [0.1, 0.15) is 55.8 Å². The molecular weight excluding hydrogens is 302 g/mol. The summed E-state index contributed by atoms with van der Waals surface area (Å²) in [6, 6.07) is 5.84. The van der Waals surface area contributed by atoms with Gasteiger partial charge in [0.05, 0.1) is 6.04 Å². The number of ketones is 1. The number of Topliss-reactive ketones (excluding diaryl/α,β-unsaturated/α-hetero) is 1. The Balaban J connectivity index is 0.00000176. The van der Waals surface area contributed by atoms with Gasteiger partial charge in [-0.25, -0.2) is 0 Å². The minimum Gasteiger partial charge on any atom is -0.454 e. The van der Waals surface area contributed by atoms with Gasteiger partial charge >= 0.3 is 0 Å². The lowest BCUT2D eigenvalue weighted by Gasteiger charge is -2.27. The van der Waals surface area contributed by atoms with Crippen LogP contribution in [0.3, 0.4) is 0 Å². The summed E-state index contributed by atoms with van der Waals surface area (Å²) in [4.78, 5) is 12.7. The van der Waals surface area contributed by atoms with E-state index in [1.54, 1.807) is 6.07 Å². The molecule has 5 heteroatoms. The van der Waals surface area contributed by atoms with E-state index in [4.69, 9.17) is 9.47 Å². The Morgan fingerprint density at radius 3 is 2.68 bits per heavy atom. The second-order valence-electron chi connectivity index (χ2n) is 5.89. The number of fused-ring (bicyclic) bond motifs is 1. The molecule has 0 saturated heterocycles. The third-order valence-electron chi connectivity index (χ3n) is 4.42. The van der Waals surface area contributed by atoms with Crippen molar-refractivity contribution in [3.8, 4) is 11.5 Å². The number of nitrogens with one attached hydrogen (secondary N) is 1. The highest BCUT2D eigenvalue weighted by molar-refractivity contribution is 6.00. The SMILES string of the molecule is CCC(NC1CCCCC1)C(=O)c1ccc2c(c1)OCO2.Cl. The van der Waals surface area contributed by atoms with Crippen molar-refractivity contribution < 1.29 is 14.3 Å². The summed E-state index contributed by atoms with van der Waals surface area (Å²) in [6.07, 6.45) is 7.04. The van der Waals surface area contributed by atoms with Crippen LogP contribution >= 0.6 is 12.4 Å². The normalized spacial score (nSPS) is 18.6. The van der Waals surface area contributed by atoms with Crippen molar-refractivity contribution >= 4 is 18.2 Å². The largest absolute Gasteiger partial charge is 0.454 e. The summed E-state index contributed by atoms with van der Waals surface area (Å²) in [6.45, 7) is 2.30. The predicted molar refractivity (Wildman–Crippen MR) is 88.2 cm³/mol. The minimum absolute atomic E-state index is 0. The standard InChI is InChI=1S/C17H23NO3.ClH/c1-2-14(18-13-6-4-3-5-7-13)17(19)12-8-9-15-16(10-12)21-11-20-15;/h8-10,13-14,18H,2-7,11H2,1H3;1H. The molecule has 1 atom stereocenters. The van der Waals surface area contributed by atoms with E-state index in [1.807, 2.05) is 12.1 Å². The summed E-state index contributed by atoms with van der Waals surface area (Å²) in [7, 11) is 0. The Hall–Kier alpha value is -1.26. The molecule has 4 nitrogen and oxygen atoms in total. The minimum atomic E-state index is -0.103. The first kappa shape index (κ1) is 17.1. The fraction of sp³-hybridized carbons (Fsp3) is 0.588. The third kappa shape index (κ3) is 3.73. The number of halogens is 1. The van der Waals surface area contributed by atoms with Crippen LogP contribution in [0.15, 0.2) is 18.2 Å². The van der Waals surface area contributed by atoms with Crippen molar-refractivity contribution in [3.05, 3.63) is 23.8 Å². The topological polar surface area (TPSA) is 47.6 Å². The average molecular weight is 326 g/mol. The van der Waals surface area contributed by atoms with Crippen LogP contribution in [0.2, 0.25) is 0 Å². The summed E-state index contributed by atoms with van der Waals surface area (Å²) in [5.74, 6) is 1.55. The van der Waals surface area contributed by atoms with Gasteiger partial charge in [-0.3, -0.25) is 4.79 Å². The maximum Gasteiger partial charge on any atom is 0.231 e. The molecule has 1 fully saturated rings. The van der Waals surface area contributed by atoms with E-state index in [2.05, 4.69) is 12.2 Å². The molecule has 1 saturated carbocycles. The van der Waals surface area contributed by atoms with Gasteiger partial charge in [-0.05, 0) is 37.5 Å². The highest BCUT2D eigenvalue weighted by Crippen LogP contribution is 2.33. The lowest BCUT2D eigenvalue weighted by atomic mass is 9.93. The van der Waals surface area contributed by atoms with Crippen LogP contribution < -0.4 is 14.8 Å². The Labute approximate surface area is 138 Å². The quantitative estimate of drug-likeness (QED) is 0.838. The van der Waals surface area contributed by atoms with Gasteiger partial charge < -0.3 is 14.8 Å². The van der Waals surface area contributed by atoms with Crippen LogP contribution in [0.5, 0.6) is 11.5 Å². The molecule has 22 heavy (non-hydrogen) atoms. The molecule has 3 rings (SSSR count). The molecule has 1 aliphatic heterocycles. The molecular formula is C17H24ClNO3. The van der Waals surface area contributed by atoms with E-state index in [9.17, 15) is 4.79 Å². The smallest absolute Gasteiger partial charge is 0.231 e. The molecule has 1 aromatic rings. The van der Waals surface area contributed by atoms with E-state index in [-0.39, 0.29) is 31.0 Å². The number of carbonyl (C=O) groups excluding carboxylic acids is 1. The predicted octanol–water partition coefficient (Wildman–Crippen LogP) is 3.72. The second kappa shape index (κ2) is 7.84. The van der Waals surface area contributed by atoms with Crippen molar-refractivity contribution in [3.63, 3.8) is 0 Å². The Morgan fingerprint density at radius 2 is 1.95 bits per heavy atom. The highest BCUT2D eigenvalue weighted by atomic mass is 35.5. The zero-order valence-corrected chi connectivity index (χ0v) is 13.8. The van der Waals surface area contributed by atoms with E-state index >= 15 is 0 Å². The van der Waals surface area contributed by atoms with Gasteiger partial charge in [-0.2, -0.15) is 0 Å². The van der Waals surface area contributed by atoms with Crippen LogP contribution in [0.4, 0.5) is 0 Å². The number of hydrogen-bond acceptors (Lipinski definition) is 4. The van der Waals surface area contributed by atoms with Crippen LogP contribution in [-0.4, -0.2) is 24.7 Å². The zero-order chi connectivity index (χ0) is 14.7. The average Bonchev–Trinajstić information content (AvgIpc) is 3.00. The Kier molecular flexibility index (Phi) is 6.09. The van der Waals surface area contributed by atoms with E-state index < -0.39 is 0 Å². The fourth-order valence-electron chi connectivity index (χ4n) is 3.18. The summed E-state index contributed by atoms with van der Waals surface area (Å²) in [5.41, 5.74) is 0.703. The van der Waals surface area contributed by atoms with Gasteiger partial charge in [0.25, 0.3) is 0 Å². The molecule has 0 radical (unpaired) electrons. The zero-order valence-electron chi connectivity index (χ0n) is 13.0. The molecule has 0 bridgehead atoms. The monoisotopic (exact) mass is 325 g/mol. The van der Waals surface area contributed by atoms with Crippen molar-refractivity contribution in [2.75, 3.05) is 6.79 Å². The van der Waals surface area contributed by atoms with Crippen molar-refractivity contribution in [1.29, 1.82) is 0 Å². The molecule has 1 heterocycles. The molecule has 122 valence electrons. The van der Waals surface area contributed by atoms with Crippen molar-refractivity contribution in [2.45, 2.75) is 57.5 Å². The molecule has 1 unspecified atom stereocenters. The molecule has 0 aromatic heterocycles. The lowest BCUT2D eigenvalue weighted by molar-refractivity contribution is 0.0928. The van der Waals surface area contributed by atoms with Crippen LogP contribution in [0, 0.1) is 0 Å². The second-order valence-corrected chi connectivity index (χ2v) is 5.89. The fourth-order valence-corrected chi connectivity index (χ4v) is 3.18. The number of carbonyl (C=O) groups is 1. The Morgan fingerprint density at radius 1 is 1.23 bits per heavy atom. The summed E-state index contributed by atoms with van der Waals surface area (Å²) in [5, 5.41) is 3.55. The first-order valence-electron chi connectivity index (χ1n) is 7.98. The van der Waals surface area contributed by atoms with Crippen molar-refractivity contribution in [2.24, 2.45) is 0 Å². The first-order valence-corrected chi connectivity index (χ1v) is 7.98. The van der Waals surface area contributed by atoms with Gasteiger partial charge in [0, 0.05) is 11.6 Å². The maximum absolute atomic E-state index is 12.7. The van der Waals surface area contributed by atoms with E-state index in [0.29, 0.717) is 17.4 Å². The number of benzene rings is 1. The van der Waals surface area contributed by atoms with Gasteiger partial charge in [0.1, 0.15) is 0 Å². The molecule has 1 aliphatic carbocycles. The van der Waals surface area contributed by atoms with E-state index in [0.717, 1.165) is 12.2 Å². The Bertz CT molecular complexity index is 515. The van der Waals surface area contributed by atoms with Gasteiger partial charge in [-0.1, -0.05) is 26.2 Å². The number of hydrogen-bond donors (Lipinski definition) is 1. The van der Waals surface area contributed by atoms with Gasteiger partial charge in [0.15, 0.2) is 17.3 Å². The molecule has 0 spiro atoms. The lowest BCUT2D eigenvalue weighted by Crippen LogP contribution is -2.43. The van der Waals surface area contributed by atoms with E-state index in [1.165, 1.54) is 32.1 Å². The summed E-state index contributed by atoms with van der Waals surface area (Å²) >= 11 is 0. The van der Waals surface area contributed by atoms with Crippen LogP contribution in [0.25, 0.3) is 0 Å². The van der Waals surface area contributed by atoms with Crippen LogP contribution in [-0.2, 0) is 0 Å². The van der Waals surface area contributed by atoms with Gasteiger partial charge in [-0.15, -0.1) is 12.4 Å². The molecule has 1 aromatic carbocycles.